The second kappa shape index (κ2) is 9.63. The van der Waals surface area contributed by atoms with Crippen molar-refractivity contribution in [3.8, 4) is 11.5 Å². The van der Waals surface area contributed by atoms with Gasteiger partial charge in [-0.15, -0.1) is 0 Å². The van der Waals surface area contributed by atoms with Crippen molar-refractivity contribution in [1.82, 2.24) is 0 Å². The summed E-state index contributed by atoms with van der Waals surface area (Å²) in [6.07, 6.45) is 1.62. The van der Waals surface area contributed by atoms with Gasteiger partial charge in [-0.1, -0.05) is 11.6 Å². The molecule has 8 heteroatoms. The van der Waals surface area contributed by atoms with E-state index < -0.39 is 5.97 Å². The van der Waals surface area contributed by atoms with Crippen molar-refractivity contribution in [2.75, 3.05) is 18.6 Å². The molecule has 2 N–H and O–H groups in total. The highest BCUT2D eigenvalue weighted by molar-refractivity contribution is 14.1. The van der Waals surface area contributed by atoms with Crippen molar-refractivity contribution in [2.45, 2.75) is 13.8 Å². The van der Waals surface area contributed by atoms with Crippen LogP contribution in [0.1, 0.15) is 29.8 Å². The van der Waals surface area contributed by atoms with E-state index >= 15 is 0 Å². The minimum Gasteiger partial charge on any atom is -0.490 e. The van der Waals surface area contributed by atoms with Gasteiger partial charge in [0.2, 0.25) is 0 Å². The van der Waals surface area contributed by atoms with Crippen LogP contribution >= 0.6 is 34.2 Å². The Hall–Kier alpha value is -2.00. The molecular weight excluding hydrogens is 471 g/mol. The van der Waals surface area contributed by atoms with Gasteiger partial charge in [0.05, 0.1) is 39.3 Å². The zero-order valence-electron chi connectivity index (χ0n) is 14.3. The molecule has 0 fully saturated rings. The number of nitrogens with one attached hydrogen (secondary N) is 1. The fourth-order valence-corrected chi connectivity index (χ4v) is 3.13. The summed E-state index contributed by atoms with van der Waals surface area (Å²) in [4.78, 5) is 11.1. The third kappa shape index (κ3) is 5.25. The standard InChI is InChI=1S/C18H18ClIN2O4/c1-3-25-16-8-11(7-15(20)17(16)26-4-2)10-21-22-12-5-6-14(19)13(9-12)18(23)24/h5-10,22H,3-4H2,1-2H3,(H,23,24)/b21-10-. The largest absolute Gasteiger partial charge is 0.490 e. The van der Waals surface area contributed by atoms with Gasteiger partial charge in [-0.2, -0.15) is 5.10 Å². The van der Waals surface area contributed by atoms with Gasteiger partial charge in [-0.3, -0.25) is 5.43 Å². The number of ether oxygens (including phenoxy) is 2. The highest BCUT2D eigenvalue weighted by Crippen LogP contribution is 2.33. The first-order valence-electron chi connectivity index (χ1n) is 7.87. The van der Waals surface area contributed by atoms with E-state index in [-0.39, 0.29) is 10.6 Å². The second-order valence-corrected chi connectivity index (χ2v) is 6.64. The Morgan fingerprint density at radius 3 is 2.65 bits per heavy atom. The Labute approximate surface area is 170 Å². The maximum atomic E-state index is 11.1. The number of hydrogen-bond acceptors (Lipinski definition) is 5. The number of nitrogens with zero attached hydrogens (tertiary/aromatic N) is 1. The van der Waals surface area contributed by atoms with Crippen LogP contribution in [0.15, 0.2) is 35.4 Å². The first-order valence-corrected chi connectivity index (χ1v) is 9.33. The minimum atomic E-state index is -1.09. The summed E-state index contributed by atoms with van der Waals surface area (Å²) in [5, 5.41) is 13.4. The zero-order chi connectivity index (χ0) is 19.1. The summed E-state index contributed by atoms with van der Waals surface area (Å²) in [6.45, 7) is 4.90. The summed E-state index contributed by atoms with van der Waals surface area (Å²) in [6, 6.07) is 8.35. The fourth-order valence-electron chi connectivity index (χ4n) is 2.15. The van der Waals surface area contributed by atoms with Crippen LogP contribution < -0.4 is 14.9 Å². The van der Waals surface area contributed by atoms with Gasteiger partial charge < -0.3 is 14.6 Å². The molecule has 6 nitrogen and oxygen atoms in total. The van der Waals surface area contributed by atoms with Crippen molar-refractivity contribution < 1.29 is 19.4 Å². The van der Waals surface area contributed by atoms with Crippen LogP contribution in [0.25, 0.3) is 0 Å². The van der Waals surface area contributed by atoms with E-state index in [1.807, 2.05) is 26.0 Å². The maximum Gasteiger partial charge on any atom is 0.337 e. The Bertz CT molecular complexity index is 827. The molecule has 2 rings (SSSR count). The van der Waals surface area contributed by atoms with Crippen LogP contribution in [-0.4, -0.2) is 30.5 Å². The first-order chi connectivity index (χ1) is 12.5. The van der Waals surface area contributed by atoms with Gasteiger partial charge in [0.25, 0.3) is 0 Å². The lowest BCUT2D eigenvalue weighted by Crippen LogP contribution is -2.02. The van der Waals surface area contributed by atoms with Crippen molar-refractivity contribution in [3.05, 3.63) is 50.1 Å². The van der Waals surface area contributed by atoms with E-state index in [0.717, 1.165) is 9.13 Å². The molecule has 0 radical (unpaired) electrons. The molecule has 0 atom stereocenters. The smallest absolute Gasteiger partial charge is 0.337 e. The van der Waals surface area contributed by atoms with E-state index in [2.05, 4.69) is 33.1 Å². The van der Waals surface area contributed by atoms with Gasteiger partial charge in [0.15, 0.2) is 11.5 Å². The molecule has 26 heavy (non-hydrogen) atoms. The SMILES string of the molecule is CCOc1cc(/C=N\Nc2ccc(Cl)c(C(=O)O)c2)cc(I)c1OCC. The van der Waals surface area contributed by atoms with Crippen LogP contribution in [0.3, 0.4) is 0 Å². The number of hydrogen-bond donors (Lipinski definition) is 2. The third-order valence-corrected chi connectivity index (χ3v) is 4.36. The Balaban J connectivity index is 2.20. The molecule has 2 aromatic carbocycles. The molecule has 0 aromatic heterocycles. The van der Waals surface area contributed by atoms with Gasteiger partial charge in [-0.25, -0.2) is 4.79 Å². The van der Waals surface area contributed by atoms with Crippen molar-refractivity contribution in [1.29, 1.82) is 0 Å². The second-order valence-electron chi connectivity index (χ2n) is 5.07. The summed E-state index contributed by atoms with van der Waals surface area (Å²) in [5.74, 6) is 0.274. The topological polar surface area (TPSA) is 80.2 Å². The number of carboxylic acid groups (broad SMARTS) is 1. The third-order valence-electron chi connectivity index (χ3n) is 3.22. The zero-order valence-corrected chi connectivity index (χ0v) is 17.2. The summed E-state index contributed by atoms with van der Waals surface area (Å²) < 4.78 is 12.2. The predicted octanol–water partition coefficient (Wildman–Crippen LogP) is 4.89. The highest BCUT2D eigenvalue weighted by Gasteiger charge is 2.11. The first kappa shape index (κ1) is 20.3. The molecule has 138 valence electrons. The molecule has 0 heterocycles. The van der Waals surface area contributed by atoms with Crippen LogP contribution in [0.5, 0.6) is 11.5 Å². The van der Waals surface area contributed by atoms with Gasteiger partial charge in [0.1, 0.15) is 0 Å². The molecular formula is C18H18ClIN2O4. The van der Waals surface area contributed by atoms with Crippen LogP contribution in [0.4, 0.5) is 5.69 Å². The summed E-state index contributed by atoms with van der Waals surface area (Å²) in [5.41, 5.74) is 4.16. The molecule has 0 bridgehead atoms. The molecule has 0 aliphatic rings. The number of hydrazone groups is 1. The molecule has 2 aromatic rings. The van der Waals surface area contributed by atoms with Gasteiger partial charge in [-0.05, 0) is 72.3 Å². The number of benzene rings is 2. The molecule has 0 amide bonds. The number of halogens is 2. The molecule has 0 aliphatic carbocycles. The Morgan fingerprint density at radius 2 is 2.00 bits per heavy atom. The quantitative estimate of drug-likeness (QED) is 0.314. The lowest BCUT2D eigenvalue weighted by Gasteiger charge is -2.13. The lowest BCUT2D eigenvalue weighted by molar-refractivity contribution is 0.0697. The number of aromatic carboxylic acids is 1. The van der Waals surface area contributed by atoms with E-state index in [4.69, 9.17) is 26.2 Å². The Morgan fingerprint density at radius 1 is 1.27 bits per heavy atom. The number of carbonyl (C=O) groups is 1. The average Bonchev–Trinajstić information content (AvgIpc) is 2.59. The van der Waals surface area contributed by atoms with E-state index in [0.29, 0.717) is 30.4 Å². The van der Waals surface area contributed by atoms with E-state index in [1.165, 1.54) is 12.1 Å². The summed E-state index contributed by atoms with van der Waals surface area (Å²) in [7, 11) is 0. The normalized spacial score (nSPS) is 10.8. The van der Waals surface area contributed by atoms with Crippen molar-refractivity contribution in [2.24, 2.45) is 5.10 Å². The Kier molecular flexibility index (Phi) is 7.52. The monoisotopic (exact) mass is 488 g/mol. The maximum absolute atomic E-state index is 11.1. The average molecular weight is 489 g/mol. The number of rotatable bonds is 8. The van der Waals surface area contributed by atoms with Crippen LogP contribution in [0, 0.1) is 3.57 Å². The van der Waals surface area contributed by atoms with Crippen LogP contribution in [-0.2, 0) is 0 Å². The van der Waals surface area contributed by atoms with E-state index in [9.17, 15) is 4.79 Å². The molecule has 0 saturated heterocycles. The van der Waals surface area contributed by atoms with E-state index in [1.54, 1.807) is 12.3 Å². The van der Waals surface area contributed by atoms with Crippen molar-refractivity contribution >= 4 is 52.1 Å². The van der Waals surface area contributed by atoms with Crippen molar-refractivity contribution in [3.63, 3.8) is 0 Å². The number of anilines is 1. The summed E-state index contributed by atoms with van der Waals surface area (Å²) >= 11 is 8.04. The minimum absolute atomic E-state index is 0.0149. The molecule has 0 aliphatic heterocycles. The van der Waals surface area contributed by atoms with Gasteiger partial charge >= 0.3 is 5.97 Å². The molecule has 0 unspecified atom stereocenters. The fraction of sp³-hybridized carbons (Fsp3) is 0.222. The predicted molar refractivity (Wildman–Crippen MR) is 111 cm³/mol. The van der Waals surface area contributed by atoms with Gasteiger partial charge in [0, 0.05) is 0 Å². The lowest BCUT2D eigenvalue weighted by atomic mass is 10.2. The number of carboxylic acids is 1. The molecule has 0 saturated carbocycles. The van der Waals surface area contributed by atoms with Crippen LogP contribution in [0.2, 0.25) is 5.02 Å². The highest BCUT2D eigenvalue weighted by atomic mass is 127. The molecule has 0 spiro atoms.